The molecule has 1 amide bonds. The number of hydrogen-bond donors (Lipinski definition) is 1. The molecule has 3 aromatic carbocycles. The average molecular weight is 471 g/mol. The van der Waals surface area contributed by atoms with Crippen LogP contribution >= 0.6 is 11.6 Å². The van der Waals surface area contributed by atoms with E-state index in [1.54, 1.807) is 54.6 Å². The fourth-order valence-electron chi connectivity index (χ4n) is 2.91. The second-order valence-corrected chi connectivity index (χ2v) is 9.28. The van der Waals surface area contributed by atoms with Gasteiger partial charge in [-0.15, -0.1) is 0 Å². The summed E-state index contributed by atoms with van der Waals surface area (Å²) in [4.78, 5) is 12.9. The van der Waals surface area contributed by atoms with E-state index in [1.165, 1.54) is 24.3 Å². The van der Waals surface area contributed by atoms with Crippen molar-refractivity contribution in [2.75, 3.05) is 22.8 Å². The Labute approximate surface area is 193 Å². The SMILES string of the molecule is C=CCOc1cccc(NC(=O)CN(c2ccc(C)cc2)S(=O)(=O)c2ccc(Cl)cc2)c1. The summed E-state index contributed by atoms with van der Waals surface area (Å²) in [5, 5.41) is 3.15. The quantitative estimate of drug-likeness (QED) is 0.444. The molecular formula is C24H23ClN2O4S. The molecule has 6 nitrogen and oxygen atoms in total. The highest BCUT2D eigenvalue weighted by atomic mass is 35.5. The van der Waals surface area contributed by atoms with Gasteiger partial charge in [-0.3, -0.25) is 9.10 Å². The maximum absolute atomic E-state index is 13.4. The van der Waals surface area contributed by atoms with Crippen LogP contribution in [0.5, 0.6) is 5.75 Å². The predicted octanol–water partition coefficient (Wildman–Crippen LogP) is 5.05. The van der Waals surface area contributed by atoms with Crippen molar-refractivity contribution in [1.82, 2.24) is 0 Å². The molecule has 0 heterocycles. The smallest absolute Gasteiger partial charge is 0.264 e. The maximum atomic E-state index is 13.4. The van der Waals surface area contributed by atoms with E-state index in [1.807, 2.05) is 6.92 Å². The van der Waals surface area contributed by atoms with Crippen LogP contribution in [0.4, 0.5) is 11.4 Å². The molecule has 0 aliphatic rings. The number of sulfonamides is 1. The van der Waals surface area contributed by atoms with Gasteiger partial charge in [-0.2, -0.15) is 0 Å². The molecule has 3 rings (SSSR count). The van der Waals surface area contributed by atoms with Gasteiger partial charge in [0.25, 0.3) is 10.0 Å². The molecule has 8 heteroatoms. The number of amides is 1. The van der Waals surface area contributed by atoms with Gasteiger partial charge in [-0.05, 0) is 55.5 Å². The van der Waals surface area contributed by atoms with Crippen LogP contribution in [0.2, 0.25) is 5.02 Å². The molecule has 0 unspecified atom stereocenters. The molecule has 0 aliphatic carbocycles. The minimum atomic E-state index is -4.01. The monoisotopic (exact) mass is 470 g/mol. The van der Waals surface area contributed by atoms with E-state index < -0.39 is 22.5 Å². The number of benzene rings is 3. The first-order chi connectivity index (χ1) is 15.3. The normalized spacial score (nSPS) is 10.9. The minimum absolute atomic E-state index is 0.0371. The van der Waals surface area contributed by atoms with Crippen molar-refractivity contribution in [3.8, 4) is 5.75 Å². The lowest BCUT2D eigenvalue weighted by Crippen LogP contribution is -2.38. The van der Waals surface area contributed by atoms with Crippen LogP contribution in [0.15, 0.2) is 90.3 Å². The molecule has 0 atom stereocenters. The fraction of sp³-hybridized carbons (Fsp3) is 0.125. The highest BCUT2D eigenvalue weighted by Crippen LogP contribution is 2.25. The molecule has 0 saturated heterocycles. The van der Waals surface area contributed by atoms with Gasteiger partial charge in [0.1, 0.15) is 18.9 Å². The molecule has 0 aromatic heterocycles. The highest BCUT2D eigenvalue weighted by Gasteiger charge is 2.27. The Morgan fingerprint density at radius 1 is 1.09 bits per heavy atom. The van der Waals surface area contributed by atoms with Crippen molar-refractivity contribution in [1.29, 1.82) is 0 Å². The Kier molecular flexibility index (Phi) is 7.56. The molecule has 0 fully saturated rings. The van der Waals surface area contributed by atoms with Gasteiger partial charge in [0.2, 0.25) is 5.91 Å². The zero-order valence-corrected chi connectivity index (χ0v) is 19.1. The molecule has 3 aromatic rings. The number of nitrogens with zero attached hydrogens (tertiary/aromatic N) is 1. The predicted molar refractivity (Wildman–Crippen MR) is 128 cm³/mol. The third-order valence-corrected chi connectivity index (χ3v) is 6.54. The Morgan fingerprint density at radius 3 is 2.44 bits per heavy atom. The van der Waals surface area contributed by atoms with Gasteiger partial charge in [0.05, 0.1) is 10.6 Å². The summed E-state index contributed by atoms with van der Waals surface area (Å²) >= 11 is 5.91. The van der Waals surface area contributed by atoms with Crippen LogP contribution < -0.4 is 14.4 Å². The maximum Gasteiger partial charge on any atom is 0.264 e. The second kappa shape index (κ2) is 10.3. The lowest BCUT2D eigenvalue weighted by Gasteiger charge is -2.24. The van der Waals surface area contributed by atoms with Crippen molar-refractivity contribution in [3.05, 3.63) is 96.0 Å². The topological polar surface area (TPSA) is 75.7 Å². The first-order valence-corrected chi connectivity index (χ1v) is 11.6. The van der Waals surface area contributed by atoms with E-state index in [0.29, 0.717) is 28.8 Å². The first kappa shape index (κ1) is 23.4. The fourth-order valence-corrected chi connectivity index (χ4v) is 4.46. The van der Waals surface area contributed by atoms with Gasteiger partial charge in [0.15, 0.2) is 0 Å². The number of nitrogens with one attached hydrogen (secondary N) is 1. The van der Waals surface area contributed by atoms with Crippen LogP contribution in [0, 0.1) is 6.92 Å². The van der Waals surface area contributed by atoms with E-state index in [2.05, 4.69) is 11.9 Å². The third-order valence-electron chi connectivity index (χ3n) is 4.50. The molecule has 1 N–H and O–H groups in total. The first-order valence-electron chi connectivity index (χ1n) is 9.78. The summed E-state index contributed by atoms with van der Waals surface area (Å²) in [5.74, 6) is 0.0656. The van der Waals surface area contributed by atoms with Crippen molar-refractivity contribution < 1.29 is 17.9 Å². The van der Waals surface area contributed by atoms with Gasteiger partial charge in [0, 0.05) is 16.8 Å². The molecule has 166 valence electrons. The third kappa shape index (κ3) is 5.90. The van der Waals surface area contributed by atoms with Gasteiger partial charge < -0.3 is 10.1 Å². The van der Waals surface area contributed by atoms with Crippen LogP contribution in [-0.4, -0.2) is 27.5 Å². The summed E-state index contributed by atoms with van der Waals surface area (Å²) in [7, 11) is -4.01. The van der Waals surface area contributed by atoms with Crippen LogP contribution in [-0.2, 0) is 14.8 Å². The van der Waals surface area contributed by atoms with Crippen molar-refractivity contribution in [3.63, 3.8) is 0 Å². The average Bonchev–Trinajstić information content (AvgIpc) is 2.77. The number of rotatable bonds is 9. The lowest BCUT2D eigenvalue weighted by molar-refractivity contribution is -0.114. The van der Waals surface area contributed by atoms with Crippen molar-refractivity contribution >= 4 is 38.9 Å². The summed E-state index contributed by atoms with van der Waals surface area (Å²) in [6.45, 7) is 5.42. The number of halogens is 1. The number of anilines is 2. The summed E-state index contributed by atoms with van der Waals surface area (Å²) in [6.07, 6.45) is 1.62. The molecule has 0 saturated carbocycles. The Hall–Kier alpha value is -3.29. The molecule has 0 spiro atoms. The zero-order valence-electron chi connectivity index (χ0n) is 17.5. The number of carbonyl (C=O) groups is 1. The van der Waals surface area contributed by atoms with Gasteiger partial charge >= 0.3 is 0 Å². The number of carbonyl (C=O) groups excluding carboxylic acids is 1. The second-order valence-electron chi connectivity index (χ2n) is 6.98. The highest BCUT2D eigenvalue weighted by molar-refractivity contribution is 7.92. The summed E-state index contributed by atoms with van der Waals surface area (Å²) in [5.41, 5.74) is 1.84. The number of hydrogen-bond acceptors (Lipinski definition) is 4. The van der Waals surface area contributed by atoms with Crippen LogP contribution in [0.1, 0.15) is 5.56 Å². The Balaban J connectivity index is 1.87. The summed E-state index contributed by atoms with van der Waals surface area (Å²) < 4.78 is 33.3. The van der Waals surface area contributed by atoms with E-state index in [0.717, 1.165) is 9.87 Å². The standard InChI is InChI=1S/C24H23ClN2O4S/c1-3-15-31-22-6-4-5-20(16-22)26-24(28)17-27(21-11-7-18(2)8-12-21)32(29,30)23-13-9-19(25)10-14-23/h3-14,16H,1,15,17H2,2H3,(H,26,28). The Morgan fingerprint density at radius 2 is 1.78 bits per heavy atom. The van der Waals surface area contributed by atoms with E-state index in [9.17, 15) is 13.2 Å². The van der Waals surface area contributed by atoms with Crippen LogP contribution in [0.3, 0.4) is 0 Å². The molecule has 0 bridgehead atoms. The zero-order chi connectivity index (χ0) is 23.1. The largest absolute Gasteiger partial charge is 0.489 e. The van der Waals surface area contributed by atoms with E-state index >= 15 is 0 Å². The van der Waals surface area contributed by atoms with Crippen LogP contribution in [0.25, 0.3) is 0 Å². The molecular weight excluding hydrogens is 448 g/mol. The minimum Gasteiger partial charge on any atom is -0.489 e. The van der Waals surface area contributed by atoms with Gasteiger partial charge in [-0.25, -0.2) is 8.42 Å². The number of ether oxygens (including phenoxy) is 1. The van der Waals surface area contributed by atoms with Gasteiger partial charge in [-0.1, -0.05) is 48.0 Å². The van der Waals surface area contributed by atoms with E-state index in [4.69, 9.17) is 16.3 Å². The van der Waals surface area contributed by atoms with Crippen molar-refractivity contribution in [2.24, 2.45) is 0 Å². The van der Waals surface area contributed by atoms with E-state index in [-0.39, 0.29) is 4.90 Å². The molecule has 32 heavy (non-hydrogen) atoms. The van der Waals surface area contributed by atoms with Crippen molar-refractivity contribution in [2.45, 2.75) is 11.8 Å². The summed E-state index contributed by atoms with van der Waals surface area (Å²) in [6, 6.07) is 19.6. The Bertz CT molecular complexity index is 1190. The molecule has 0 radical (unpaired) electrons. The number of aryl methyl sites for hydroxylation is 1. The lowest BCUT2D eigenvalue weighted by atomic mass is 10.2. The molecule has 0 aliphatic heterocycles.